The molecule has 0 unspecified atom stereocenters. The molecule has 0 saturated heterocycles. The molecule has 2 heteroatoms. The molecule has 76 valence electrons. The summed E-state index contributed by atoms with van der Waals surface area (Å²) >= 11 is 3.41. The predicted octanol–water partition coefficient (Wildman–Crippen LogP) is 3.72. The maximum absolute atomic E-state index is 5.14. The van der Waals surface area contributed by atoms with Crippen molar-refractivity contribution in [1.29, 1.82) is 0 Å². The summed E-state index contributed by atoms with van der Waals surface area (Å²) < 4.78 is 5.14. The minimum absolute atomic E-state index is 0.791. The van der Waals surface area contributed by atoms with E-state index < -0.39 is 0 Å². The highest BCUT2D eigenvalue weighted by atomic mass is 79.9. The second-order valence-electron chi connectivity index (χ2n) is 2.98. The van der Waals surface area contributed by atoms with E-state index >= 15 is 0 Å². The average Bonchev–Trinajstić information content (AvgIpc) is 2.16. The summed E-state index contributed by atoms with van der Waals surface area (Å²) in [5.41, 5.74) is 0. The molecule has 1 nitrogen and oxygen atoms in total. The second kappa shape index (κ2) is 11.8. The fourth-order valence-electron chi connectivity index (χ4n) is 0.900. The molecule has 0 aliphatic rings. The van der Waals surface area contributed by atoms with Gasteiger partial charge in [-0.2, -0.15) is 0 Å². The summed E-state index contributed by atoms with van der Waals surface area (Å²) in [6.45, 7) is 2.91. The van der Waals surface area contributed by atoms with Gasteiger partial charge in [-0.15, -0.1) is 0 Å². The lowest BCUT2D eigenvalue weighted by Gasteiger charge is -1.97. The molecule has 0 aromatic carbocycles. The summed E-state index contributed by atoms with van der Waals surface area (Å²) in [6.07, 6.45) is 9.72. The van der Waals surface area contributed by atoms with Gasteiger partial charge in [0, 0.05) is 11.8 Å². The molecule has 0 radical (unpaired) electrons. The summed E-state index contributed by atoms with van der Waals surface area (Å²) in [6, 6.07) is 0. The number of ether oxygens (including phenoxy) is 1. The first-order valence-corrected chi connectivity index (χ1v) is 6.19. The van der Waals surface area contributed by atoms with E-state index in [1.807, 2.05) is 0 Å². The molecule has 0 atom stereocenters. The molecule has 0 fully saturated rings. The van der Waals surface area contributed by atoms with Gasteiger partial charge in [0.05, 0.1) is 0 Å². The number of hydrogen-bond donors (Lipinski definition) is 0. The van der Waals surface area contributed by atoms with Crippen LogP contribution in [0.5, 0.6) is 0 Å². The van der Waals surface area contributed by atoms with Gasteiger partial charge in [-0.25, -0.2) is 0 Å². The Kier molecular flexibility index (Phi) is 11.7. The van der Waals surface area contributed by atoms with Crippen LogP contribution in [0, 0.1) is 12.0 Å². The Hall–Kier alpha value is -0.160. The Morgan fingerprint density at radius 1 is 1.15 bits per heavy atom. The van der Waals surface area contributed by atoms with Gasteiger partial charge in [0.2, 0.25) is 0 Å². The van der Waals surface area contributed by atoms with Crippen molar-refractivity contribution in [3.63, 3.8) is 0 Å². The number of rotatable bonds is 7. The fourth-order valence-corrected chi connectivity index (χ4v) is 1.30. The van der Waals surface area contributed by atoms with Crippen LogP contribution >= 0.6 is 15.9 Å². The monoisotopic (exact) mass is 246 g/mol. The first-order chi connectivity index (χ1) is 6.41. The topological polar surface area (TPSA) is 9.23 Å². The smallest absolute Gasteiger partial charge is 0.110 e. The fraction of sp³-hybridized carbons (Fsp3) is 0.818. The Labute approximate surface area is 90.4 Å². The Morgan fingerprint density at radius 3 is 2.62 bits per heavy atom. The highest BCUT2D eigenvalue weighted by Crippen LogP contribution is 2.01. The van der Waals surface area contributed by atoms with E-state index in [0.717, 1.165) is 31.2 Å². The van der Waals surface area contributed by atoms with Crippen LogP contribution in [0.15, 0.2) is 0 Å². The Morgan fingerprint density at radius 2 is 1.92 bits per heavy atom. The van der Waals surface area contributed by atoms with E-state index in [0.29, 0.717) is 0 Å². The van der Waals surface area contributed by atoms with Gasteiger partial charge in [0.25, 0.3) is 0 Å². The number of hydrogen-bond acceptors (Lipinski definition) is 1. The van der Waals surface area contributed by atoms with Crippen LogP contribution in [0.1, 0.15) is 45.4 Å². The summed E-state index contributed by atoms with van der Waals surface area (Å²) in [5.74, 6) is 2.96. The number of halogens is 1. The highest BCUT2D eigenvalue weighted by Gasteiger charge is 1.87. The van der Waals surface area contributed by atoms with E-state index in [1.165, 1.54) is 19.3 Å². The molecule has 0 aromatic rings. The van der Waals surface area contributed by atoms with Crippen molar-refractivity contribution in [3.8, 4) is 12.0 Å². The lowest BCUT2D eigenvalue weighted by Crippen LogP contribution is -1.88. The zero-order valence-electron chi connectivity index (χ0n) is 8.44. The molecule has 0 bridgehead atoms. The molecule has 0 aliphatic heterocycles. The van der Waals surface area contributed by atoms with E-state index in [2.05, 4.69) is 34.9 Å². The third-order valence-corrected chi connectivity index (χ3v) is 2.21. The largest absolute Gasteiger partial charge is 0.447 e. The lowest BCUT2D eigenvalue weighted by atomic mass is 10.2. The maximum atomic E-state index is 5.14. The highest BCUT2D eigenvalue weighted by molar-refractivity contribution is 9.09. The molecule has 0 rings (SSSR count). The van der Waals surface area contributed by atoms with Crippen LogP contribution in [0.2, 0.25) is 0 Å². The van der Waals surface area contributed by atoms with Gasteiger partial charge in [0.1, 0.15) is 12.7 Å². The molecular formula is C11H19BrO. The van der Waals surface area contributed by atoms with Gasteiger partial charge >= 0.3 is 0 Å². The average molecular weight is 247 g/mol. The van der Waals surface area contributed by atoms with Gasteiger partial charge in [-0.3, -0.25) is 0 Å². The molecule has 0 saturated carbocycles. The van der Waals surface area contributed by atoms with Crippen molar-refractivity contribution in [2.75, 3.05) is 11.9 Å². The van der Waals surface area contributed by atoms with Crippen molar-refractivity contribution in [3.05, 3.63) is 0 Å². The normalized spacial score (nSPS) is 9.08. The molecule has 13 heavy (non-hydrogen) atoms. The van der Waals surface area contributed by atoms with Gasteiger partial charge < -0.3 is 4.74 Å². The molecule has 0 spiro atoms. The van der Waals surface area contributed by atoms with Crippen molar-refractivity contribution < 1.29 is 4.74 Å². The zero-order chi connectivity index (χ0) is 9.78. The molecule has 0 aliphatic carbocycles. The summed E-state index contributed by atoms with van der Waals surface area (Å²) in [5, 5.41) is 1.12. The predicted molar refractivity (Wildman–Crippen MR) is 60.9 cm³/mol. The van der Waals surface area contributed by atoms with E-state index in [4.69, 9.17) is 4.74 Å². The quantitative estimate of drug-likeness (QED) is 0.378. The van der Waals surface area contributed by atoms with Crippen LogP contribution in [-0.4, -0.2) is 11.9 Å². The maximum Gasteiger partial charge on any atom is 0.110 e. The summed E-state index contributed by atoms with van der Waals surface area (Å²) in [4.78, 5) is 0. The standard InChI is InChI=1S/C11H19BrO/c1-2-3-7-10-13-11-8-5-4-6-9-12/h2-6,8-9,11H2,1H3. The van der Waals surface area contributed by atoms with Gasteiger partial charge in [-0.1, -0.05) is 35.2 Å². The minimum atomic E-state index is 0.791. The lowest BCUT2D eigenvalue weighted by molar-refractivity contribution is 0.267. The van der Waals surface area contributed by atoms with Crippen LogP contribution < -0.4 is 0 Å². The van der Waals surface area contributed by atoms with E-state index in [9.17, 15) is 0 Å². The third-order valence-electron chi connectivity index (χ3n) is 1.65. The number of alkyl halides is 1. The van der Waals surface area contributed by atoms with Crippen molar-refractivity contribution in [2.24, 2.45) is 0 Å². The molecule has 0 amide bonds. The van der Waals surface area contributed by atoms with Crippen molar-refractivity contribution in [1.82, 2.24) is 0 Å². The summed E-state index contributed by atoms with van der Waals surface area (Å²) in [7, 11) is 0. The zero-order valence-corrected chi connectivity index (χ0v) is 10.0. The number of unbranched alkanes of at least 4 members (excludes halogenated alkanes) is 4. The minimum Gasteiger partial charge on any atom is -0.447 e. The second-order valence-corrected chi connectivity index (χ2v) is 3.77. The molecule has 0 N–H and O–H groups in total. The van der Waals surface area contributed by atoms with Crippen LogP contribution in [0.3, 0.4) is 0 Å². The Balaban J connectivity index is 2.96. The first kappa shape index (κ1) is 12.8. The molecule has 0 aromatic heterocycles. The van der Waals surface area contributed by atoms with Gasteiger partial charge in [0.15, 0.2) is 0 Å². The van der Waals surface area contributed by atoms with Crippen LogP contribution in [0.4, 0.5) is 0 Å². The van der Waals surface area contributed by atoms with Crippen LogP contribution in [-0.2, 0) is 4.74 Å². The van der Waals surface area contributed by atoms with Crippen LogP contribution in [0.25, 0.3) is 0 Å². The van der Waals surface area contributed by atoms with Crippen molar-refractivity contribution in [2.45, 2.75) is 45.4 Å². The third kappa shape index (κ3) is 11.8. The van der Waals surface area contributed by atoms with Gasteiger partial charge in [-0.05, 0) is 25.7 Å². The molecule has 0 heterocycles. The first-order valence-electron chi connectivity index (χ1n) is 5.07. The Bertz CT molecular complexity index is 146. The van der Waals surface area contributed by atoms with Crippen molar-refractivity contribution >= 4 is 15.9 Å². The van der Waals surface area contributed by atoms with E-state index in [1.54, 1.807) is 0 Å². The molecular weight excluding hydrogens is 228 g/mol. The SMILES string of the molecule is CCCC#COCCCCCCBr. The van der Waals surface area contributed by atoms with E-state index in [-0.39, 0.29) is 0 Å².